The van der Waals surface area contributed by atoms with E-state index in [1.54, 1.807) is 14.0 Å². The second-order valence-corrected chi connectivity index (χ2v) is 5.23. The normalized spacial score (nSPS) is 19.8. The number of nitrogens with two attached hydrogens (primary N) is 1. The number of alkyl halides is 1. The second-order valence-electron chi connectivity index (χ2n) is 5.23. The zero-order chi connectivity index (χ0) is 13.2. The van der Waals surface area contributed by atoms with Crippen molar-refractivity contribution in [2.24, 2.45) is 5.73 Å². The van der Waals surface area contributed by atoms with Crippen LogP contribution in [-0.4, -0.2) is 13.7 Å². The molecule has 0 radical (unpaired) electrons. The van der Waals surface area contributed by atoms with Crippen LogP contribution in [0.2, 0.25) is 0 Å². The number of rotatable bonds is 4. The van der Waals surface area contributed by atoms with Crippen LogP contribution in [0.1, 0.15) is 49.9 Å². The molecule has 1 aliphatic rings. The Morgan fingerprint density at radius 2 is 2.06 bits per heavy atom. The first-order valence-corrected chi connectivity index (χ1v) is 6.66. The van der Waals surface area contributed by atoms with E-state index in [-0.39, 0.29) is 5.41 Å². The molecule has 0 spiro atoms. The smallest absolute Gasteiger partial charge is 0.126 e. The van der Waals surface area contributed by atoms with E-state index in [0.29, 0.717) is 17.9 Å². The number of halogens is 1. The molecule has 100 valence electrons. The van der Waals surface area contributed by atoms with Crippen LogP contribution >= 0.6 is 0 Å². The van der Waals surface area contributed by atoms with Crippen LogP contribution in [0.4, 0.5) is 4.39 Å². The molecule has 1 fully saturated rings. The number of hydrogen-bond acceptors (Lipinski definition) is 2. The van der Waals surface area contributed by atoms with Gasteiger partial charge in [-0.05, 0) is 31.4 Å². The van der Waals surface area contributed by atoms with Gasteiger partial charge in [0, 0.05) is 17.5 Å². The maximum Gasteiger partial charge on any atom is 0.126 e. The highest BCUT2D eigenvalue weighted by atomic mass is 19.1. The minimum atomic E-state index is -1.03. The van der Waals surface area contributed by atoms with Gasteiger partial charge >= 0.3 is 0 Å². The maximum atomic E-state index is 14.0. The summed E-state index contributed by atoms with van der Waals surface area (Å²) in [7, 11) is 1.59. The quantitative estimate of drug-likeness (QED) is 0.889. The Kier molecular flexibility index (Phi) is 3.91. The van der Waals surface area contributed by atoms with Crippen LogP contribution in [0.3, 0.4) is 0 Å². The molecule has 0 aliphatic heterocycles. The predicted molar refractivity (Wildman–Crippen MR) is 71.7 cm³/mol. The van der Waals surface area contributed by atoms with E-state index in [0.717, 1.165) is 18.4 Å². The number of benzene rings is 1. The molecule has 1 unspecified atom stereocenters. The third kappa shape index (κ3) is 2.12. The summed E-state index contributed by atoms with van der Waals surface area (Å²) in [4.78, 5) is 0. The minimum absolute atomic E-state index is 0.0514. The van der Waals surface area contributed by atoms with Crippen molar-refractivity contribution in [3.63, 3.8) is 0 Å². The molecule has 0 heterocycles. The summed E-state index contributed by atoms with van der Waals surface area (Å²) < 4.78 is 19.3. The summed E-state index contributed by atoms with van der Waals surface area (Å²) in [5, 5.41) is 0. The molecular formula is C15H22FNO. The van der Waals surface area contributed by atoms with E-state index in [1.165, 1.54) is 12.8 Å². The summed E-state index contributed by atoms with van der Waals surface area (Å²) >= 11 is 0. The third-order valence-electron chi connectivity index (χ3n) is 4.21. The van der Waals surface area contributed by atoms with Crippen LogP contribution in [0.5, 0.6) is 5.75 Å². The molecule has 0 bridgehead atoms. The van der Waals surface area contributed by atoms with E-state index >= 15 is 0 Å². The Morgan fingerprint density at radius 3 is 2.56 bits per heavy atom. The standard InChI is InChI=1S/C15H22FNO/c1-11(16)14-12(6-5-7-13(14)18-2)15(10-17)8-3-4-9-15/h5-7,11H,3-4,8-10,17H2,1-2H3. The number of hydrogen-bond donors (Lipinski definition) is 1. The van der Waals surface area contributed by atoms with Gasteiger partial charge in [-0.25, -0.2) is 4.39 Å². The van der Waals surface area contributed by atoms with Crippen LogP contribution in [-0.2, 0) is 5.41 Å². The van der Waals surface area contributed by atoms with Crippen molar-refractivity contribution in [1.29, 1.82) is 0 Å². The predicted octanol–water partition coefficient (Wildman–Crippen LogP) is 3.50. The molecule has 1 aromatic rings. The first kappa shape index (κ1) is 13.3. The van der Waals surface area contributed by atoms with E-state index < -0.39 is 6.17 Å². The number of methoxy groups -OCH3 is 1. The topological polar surface area (TPSA) is 35.2 Å². The average Bonchev–Trinajstić information content (AvgIpc) is 2.87. The maximum absolute atomic E-state index is 14.0. The Labute approximate surface area is 108 Å². The van der Waals surface area contributed by atoms with Gasteiger partial charge in [-0.3, -0.25) is 0 Å². The highest BCUT2D eigenvalue weighted by molar-refractivity contribution is 5.46. The molecule has 0 aromatic heterocycles. The van der Waals surface area contributed by atoms with Crippen LogP contribution < -0.4 is 10.5 Å². The van der Waals surface area contributed by atoms with Gasteiger partial charge in [-0.1, -0.05) is 25.0 Å². The van der Waals surface area contributed by atoms with Gasteiger partial charge in [-0.2, -0.15) is 0 Å². The van der Waals surface area contributed by atoms with Crippen LogP contribution in [0.25, 0.3) is 0 Å². The molecule has 1 aromatic carbocycles. The largest absolute Gasteiger partial charge is 0.496 e. The van der Waals surface area contributed by atoms with Gasteiger partial charge in [0.2, 0.25) is 0 Å². The molecule has 1 aliphatic carbocycles. The Hall–Kier alpha value is -1.09. The van der Waals surface area contributed by atoms with E-state index in [2.05, 4.69) is 0 Å². The molecule has 0 amide bonds. The zero-order valence-electron chi connectivity index (χ0n) is 11.2. The fraction of sp³-hybridized carbons (Fsp3) is 0.600. The molecule has 2 rings (SSSR count). The number of ether oxygens (including phenoxy) is 1. The van der Waals surface area contributed by atoms with E-state index in [9.17, 15) is 4.39 Å². The van der Waals surface area contributed by atoms with Crippen molar-refractivity contribution in [3.8, 4) is 5.75 Å². The summed E-state index contributed by atoms with van der Waals surface area (Å²) in [6, 6.07) is 5.79. The van der Waals surface area contributed by atoms with Crippen LogP contribution in [0, 0.1) is 0 Å². The first-order valence-electron chi connectivity index (χ1n) is 6.66. The second kappa shape index (κ2) is 5.27. The summed E-state index contributed by atoms with van der Waals surface area (Å²) in [5.74, 6) is 0.641. The van der Waals surface area contributed by atoms with Gasteiger partial charge in [0.05, 0.1) is 7.11 Å². The fourth-order valence-electron chi connectivity index (χ4n) is 3.23. The SMILES string of the molecule is COc1cccc(C2(CN)CCCC2)c1C(C)F. The molecule has 3 heteroatoms. The molecule has 2 N–H and O–H groups in total. The molecule has 1 saturated carbocycles. The lowest BCUT2D eigenvalue weighted by atomic mass is 9.76. The van der Waals surface area contributed by atoms with Gasteiger partial charge in [0.1, 0.15) is 11.9 Å². The molecule has 2 nitrogen and oxygen atoms in total. The molecular weight excluding hydrogens is 229 g/mol. The molecule has 1 atom stereocenters. The Morgan fingerprint density at radius 1 is 1.39 bits per heavy atom. The lowest BCUT2D eigenvalue weighted by Gasteiger charge is -2.31. The van der Waals surface area contributed by atoms with Gasteiger partial charge in [-0.15, -0.1) is 0 Å². The summed E-state index contributed by atoms with van der Waals surface area (Å²) in [5.41, 5.74) is 7.69. The lowest BCUT2D eigenvalue weighted by Crippen LogP contribution is -2.33. The molecule has 0 saturated heterocycles. The molecule has 18 heavy (non-hydrogen) atoms. The van der Waals surface area contributed by atoms with Crippen molar-refractivity contribution >= 4 is 0 Å². The van der Waals surface area contributed by atoms with Gasteiger partial charge in [0.25, 0.3) is 0 Å². The van der Waals surface area contributed by atoms with E-state index in [4.69, 9.17) is 10.5 Å². The van der Waals surface area contributed by atoms with Crippen molar-refractivity contribution in [3.05, 3.63) is 29.3 Å². The van der Waals surface area contributed by atoms with Crippen molar-refractivity contribution < 1.29 is 9.13 Å². The fourth-order valence-corrected chi connectivity index (χ4v) is 3.23. The highest BCUT2D eigenvalue weighted by Gasteiger charge is 2.37. The highest BCUT2D eigenvalue weighted by Crippen LogP contribution is 2.45. The minimum Gasteiger partial charge on any atom is -0.496 e. The Balaban J connectivity index is 2.55. The lowest BCUT2D eigenvalue weighted by molar-refractivity contribution is 0.333. The van der Waals surface area contributed by atoms with Crippen molar-refractivity contribution in [2.45, 2.75) is 44.2 Å². The van der Waals surface area contributed by atoms with Crippen molar-refractivity contribution in [1.82, 2.24) is 0 Å². The van der Waals surface area contributed by atoms with Crippen LogP contribution in [0.15, 0.2) is 18.2 Å². The summed E-state index contributed by atoms with van der Waals surface area (Å²) in [6.45, 7) is 2.15. The zero-order valence-corrected chi connectivity index (χ0v) is 11.2. The third-order valence-corrected chi connectivity index (χ3v) is 4.21. The van der Waals surface area contributed by atoms with E-state index in [1.807, 2.05) is 18.2 Å². The van der Waals surface area contributed by atoms with Gasteiger partial charge in [0.15, 0.2) is 0 Å². The Bertz CT molecular complexity index is 411. The average molecular weight is 251 g/mol. The summed E-state index contributed by atoms with van der Waals surface area (Å²) in [6.07, 6.45) is 3.43. The monoisotopic (exact) mass is 251 g/mol. The van der Waals surface area contributed by atoms with Gasteiger partial charge < -0.3 is 10.5 Å². The first-order chi connectivity index (χ1) is 8.64. The van der Waals surface area contributed by atoms with Crippen molar-refractivity contribution in [2.75, 3.05) is 13.7 Å².